The van der Waals surface area contributed by atoms with Gasteiger partial charge in [-0.1, -0.05) is 54.6 Å². The normalized spacial score (nSPS) is 11.8. The van der Waals surface area contributed by atoms with Gasteiger partial charge in [-0.2, -0.15) is 5.10 Å². The van der Waals surface area contributed by atoms with Gasteiger partial charge in [0.05, 0.1) is 28.3 Å². The van der Waals surface area contributed by atoms with Crippen molar-refractivity contribution in [3.8, 4) is 22.9 Å². The van der Waals surface area contributed by atoms with Gasteiger partial charge in [0.1, 0.15) is 30.4 Å². The monoisotopic (exact) mass is 889 g/mol. The number of anilines is 1. The molecule has 9 aromatic rings. The van der Waals surface area contributed by atoms with Crippen molar-refractivity contribution in [1.29, 1.82) is 0 Å². The van der Waals surface area contributed by atoms with Crippen molar-refractivity contribution in [3.63, 3.8) is 0 Å². The van der Waals surface area contributed by atoms with Crippen LogP contribution in [0, 0.1) is 13.8 Å². The van der Waals surface area contributed by atoms with Gasteiger partial charge < -0.3 is 14.8 Å². The summed E-state index contributed by atoms with van der Waals surface area (Å²) >= 11 is 5.37. The molecule has 2 heterocycles. The molecule has 0 aliphatic rings. The number of nitrogens with zero attached hydrogens (tertiary/aromatic N) is 5. The highest BCUT2D eigenvalue weighted by Crippen LogP contribution is 2.31. The molecule has 0 aliphatic carbocycles. The van der Waals surface area contributed by atoms with Crippen LogP contribution in [-0.4, -0.2) is 49.4 Å². The van der Waals surface area contributed by atoms with E-state index in [1.165, 1.54) is 36.4 Å². The van der Waals surface area contributed by atoms with Crippen LogP contribution >= 0.6 is 12.2 Å². The van der Waals surface area contributed by atoms with E-state index in [4.69, 9.17) is 12.2 Å². The minimum Gasteiger partial charge on any atom is -0.406 e. The topological polar surface area (TPSA) is 108 Å². The molecule has 10 nitrogen and oxygen atoms in total. The summed E-state index contributed by atoms with van der Waals surface area (Å²) in [7, 11) is 0. The van der Waals surface area contributed by atoms with Crippen molar-refractivity contribution in [2.45, 2.75) is 26.6 Å². The van der Waals surface area contributed by atoms with E-state index in [0.29, 0.717) is 22.1 Å². The number of carbonyl (C=O) groups is 1. The molecule has 2 N–H and O–H groups in total. The second kappa shape index (κ2) is 17.5. The third-order valence-corrected chi connectivity index (χ3v) is 10.2. The zero-order chi connectivity index (χ0) is 45.2. The van der Waals surface area contributed by atoms with Crippen LogP contribution in [0.1, 0.15) is 27.0 Å². The standard InChI is InChI=1S/C28H22F3N5OS.C19H11F3N2O2/c1-17-4-3-5-18(2)25(17)34-27(38)35-33-15-19-6-12-23-20(14-19)7-13-24-26(23)32-16-36(24)21-8-10-22(11-9-21)37-28(29,30)31;20-19(21,22)26-15-5-3-14(4-6-15)24-11-23-18-16-7-1-12(10-25)9-13(16)2-8-17(18)24/h3-16H,1-2H3,(H2,34,35,38);1-11H/b33-15+;. The molecule has 0 atom stereocenters. The van der Waals surface area contributed by atoms with Gasteiger partial charge in [0.15, 0.2) is 5.11 Å². The summed E-state index contributed by atoms with van der Waals surface area (Å²) in [5, 5.41) is 11.5. The summed E-state index contributed by atoms with van der Waals surface area (Å²) in [6.45, 7) is 4.03. The highest BCUT2D eigenvalue weighted by Gasteiger charge is 2.31. The Balaban J connectivity index is 0.000000188. The van der Waals surface area contributed by atoms with E-state index in [9.17, 15) is 31.1 Å². The largest absolute Gasteiger partial charge is 0.573 e. The molecule has 0 spiro atoms. The molecule has 0 radical (unpaired) electrons. The Morgan fingerprint density at radius 1 is 0.641 bits per heavy atom. The van der Waals surface area contributed by atoms with Crippen LogP contribution < -0.4 is 20.2 Å². The number of rotatable bonds is 8. The molecule has 0 aliphatic heterocycles. The Morgan fingerprint density at radius 3 is 1.58 bits per heavy atom. The van der Waals surface area contributed by atoms with Crippen molar-refractivity contribution < 1.29 is 40.6 Å². The highest BCUT2D eigenvalue weighted by atomic mass is 32.1. The van der Waals surface area contributed by atoms with Gasteiger partial charge in [-0.25, -0.2) is 9.97 Å². The molecule has 0 fully saturated rings. The third kappa shape index (κ3) is 9.64. The van der Waals surface area contributed by atoms with Gasteiger partial charge in [0, 0.05) is 33.4 Å². The number of hydrogen-bond donors (Lipinski definition) is 2. The van der Waals surface area contributed by atoms with Crippen molar-refractivity contribution in [1.82, 2.24) is 24.5 Å². The lowest BCUT2D eigenvalue weighted by Gasteiger charge is -2.12. The molecule has 322 valence electrons. The average molecular weight is 890 g/mol. The maximum absolute atomic E-state index is 12.5. The second-order valence-corrected chi connectivity index (χ2v) is 14.8. The van der Waals surface area contributed by atoms with E-state index in [1.54, 1.807) is 47.7 Å². The number of nitrogens with one attached hydrogen (secondary N) is 2. The number of hydrazone groups is 1. The number of aldehydes is 1. The summed E-state index contributed by atoms with van der Waals surface area (Å²) in [4.78, 5) is 19.9. The molecule has 64 heavy (non-hydrogen) atoms. The fourth-order valence-electron chi connectivity index (χ4n) is 7.16. The van der Waals surface area contributed by atoms with Gasteiger partial charge in [0.2, 0.25) is 0 Å². The van der Waals surface area contributed by atoms with E-state index in [1.807, 2.05) is 85.1 Å². The summed E-state index contributed by atoms with van der Waals surface area (Å²) in [5.41, 5.74) is 11.9. The van der Waals surface area contributed by atoms with Crippen LogP contribution in [0.15, 0.2) is 145 Å². The number of ether oxygens (including phenoxy) is 2. The predicted octanol–water partition coefficient (Wildman–Crippen LogP) is 11.9. The summed E-state index contributed by atoms with van der Waals surface area (Å²) in [5.74, 6) is -0.556. The number of hydrogen-bond acceptors (Lipinski definition) is 7. The lowest BCUT2D eigenvalue weighted by molar-refractivity contribution is -0.275. The second-order valence-electron chi connectivity index (χ2n) is 14.3. The first-order valence-corrected chi connectivity index (χ1v) is 19.7. The molecule has 17 heteroatoms. The van der Waals surface area contributed by atoms with Crippen LogP contribution in [0.5, 0.6) is 11.5 Å². The fraction of sp³-hybridized carbons (Fsp3) is 0.0851. The maximum Gasteiger partial charge on any atom is 0.573 e. The van der Waals surface area contributed by atoms with Crippen molar-refractivity contribution in [2.24, 2.45) is 5.10 Å². The minimum atomic E-state index is -4.73. The van der Waals surface area contributed by atoms with Gasteiger partial charge in [0.25, 0.3) is 0 Å². The lowest BCUT2D eigenvalue weighted by Crippen LogP contribution is -2.24. The first-order chi connectivity index (χ1) is 30.6. The number of para-hydroxylation sites is 1. The minimum absolute atomic E-state index is 0.276. The fourth-order valence-corrected chi connectivity index (χ4v) is 7.31. The summed E-state index contributed by atoms with van der Waals surface area (Å²) < 4.78 is 85.6. The first-order valence-electron chi connectivity index (χ1n) is 19.3. The highest BCUT2D eigenvalue weighted by molar-refractivity contribution is 7.80. The molecule has 9 rings (SSSR count). The van der Waals surface area contributed by atoms with Crippen LogP contribution in [0.2, 0.25) is 0 Å². The van der Waals surface area contributed by atoms with Gasteiger partial charge in [-0.05, 0) is 126 Å². The molecule has 0 bridgehead atoms. The van der Waals surface area contributed by atoms with E-state index in [0.717, 1.165) is 72.3 Å². The number of aryl methyl sites for hydroxylation is 2. The number of benzene rings is 7. The average Bonchev–Trinajstić information content (AvgIpc) is 3.90. The molecule has 0 unspecified atom stereocenters. The number of thiocarbonyl (C=S) groups is 1. The Kier molecular flexibility index (Phi) is 11.7. The molecule has 0 saturated carbocycles. The van der Waals surface area contributed by atoms with E-state index in [-0.39, 0.29) is 11.5 Å². The molecule has 2 aromatic heterocycles. The Labute approximate surface area is 365 Å². The van der Waals surface area contributed by atoms with Crippen LogP contribution in [0.4, 0.5) is 32.0 Å². The number of aromatic nitrogens is 4. The molecular weight excluding hydrogens is 857 g/mol. The SMILES string of the molecule is Cc1cccc(C)c1NC(=S)N/N=C/c1ccc2c(ccc3c2ncn3-c2ccc(OC(F)(F)F)cc2)c1.O=Cc1ccc2c(ccc3c2ncn3-c2ccc(OC(F)(F)F)cc2)c1. The van der Waals surface area contributed by atoms with Crippen molar-refractivity contribution in [3.05, 3.63) is 162 Å². The van der Waals surface area contributed by atoms with Crippen LogP contribution in [0.3, 0.4) is 0 Å². The van der Waals surface area contributed by atoms with E-state index >= 15 is 0 Å². The van der Waals surface area contributed by atoms with Gasteiger partial charge in [-0.15, -0.1) is 26.3 Å². The molecule has 0 saturated heterocycles. The van der Waals surface area contributed by atoms with Crippen LogP contribution in [0.25, 0.3) is 55.0 Å². The zero-order valence-electron chi connectivity index (χ0n) is 33.6. The predicted molar refractivity (Wildman–Crippen MR) is 239 cm³/mol. The summed E-state index contributed by atoms with van der Waals surface area (Å²) in [6.07, 6.45) is -3.73. The first kappa shape index (κ1) is 42.9. The Morgan fingerprint density at radius 2 is 1.11 bits per heavy atom. The number of halogens is 6. The quantitative estimate of drug-likeness (QED) is 0.0511. The Hall–Kier alpha value is -7.79. The molecular formula is C47H33F6N7O3S. The number of alkyl halides is 6. The number of imidazole rings is 2. The van der Waals surface area contributed by atoms with Crippen molar-refractivity contribution in [2.75, 3.05) is 5.32 Å². The third-order valence-electron chi connectivity index (χ3n) is 10.0. The molecule has 7 aromatic carbocycles. The smallest absolute Gasteiger partial charge is 0.406 e. The molecule has 0 amide bonds. The zero-order valence-corrected chi connectivity index (χ0v) is 34.4. The van der Waals surface area contributed by atoms with Gasteiger partial charge in [-0.3, -0.25) is 19.4 Å². The lowest BCUT2D eigenvalue weighted by atomic mass is 10.1. The Bertz CT molecular complexity index is 3200. The van der Waals surface area contributed by atoms with Crippen molar-refractivity contribution >= 4 is 79.1 Å². The van der Waals surface area contributed by atoms with Crippen LogP contribution in [-0.2, 0) is 0 Å². The van der Waals surface area contributed by atoms with E-state index in [2.05, 4.69) is 35.3 Å². The summed E-state index contributed by atoms with van der Waals surface area (Å²) in [6, 6.07) is 36.1. The van der Waals surface area contributed by atoms with Gasteiger partial charge >= 0.3 is 12.7 Å². The van der Waals surface area contributed by atoms with E-state index < -0.39 is 12.7 Å². The number of carbonyl (C=O) groups excluding carboxylic acids is 1. The maximum atomic E-state index is 12.5. The number of fused-ring (bicyclic) bond motifs is 6.